The van der Waals surface area contributed by atoms with Crippen LogP contribution in [0.5, 0.6) is 0 Å². The van der Waals surface area contributed by atoms with Crippen molar-refractivity contribution in [2.75, 3.05) is 0 Å². The molecule has 0 bridgehead atoms. The van der Waals surface area contributed by atoms with Gasteiger partial charge in [0.25, 0.3) is 5.78 Å². The van der Waals surface area contributed by atoms with E-state index < -0.39 is 29.4 Å². The van der Waals surface area contributed by atoms with Gasteiger partial charge >= 0.3 is 12.1 Å². The fourth-order valence-corrected chi connectivity index (χ4v) is 3.73. The van der Waals surface area contributed by atoms with Crippen molar-refractivity contribution in [1.82, 2.24) is 5.32 Å². The summed E-state index contributed by atoms with van der Waals surface area (Å²) in [7, 11) is 0. The minimum absolute atomic E-state index is 0.162. The minimum Gasteiger partial charge on any atom is -0.480 e. The smallest absolute Gasteiger partial charge is 0.454 e. The zero-order valence-corrected chi connectivity index (χ0v) is 13.3. The molecule has 0 aromatic heterocycles. The molecule has 0 heterocycles. The molecule has 130 valence electrons. The molecule has 2 aliphatic carbocycles. The second-order valence-electron chi connectivity index (χ2n) is 6.90. The van der Waals surface area contributed by atoms with Crippen LogP contribution in [0, 0.1) is 11.3 Å². The molecule has 23 heavy (non-hydrogen) atoms. The number of halogens is 3. The average molecular weight is 333 g/mol. The average Bonchev–Trinajstić information content (AvgIpc) is 2.42. The molecular weight excluding hydrogens is 311 g/mol. The van der Waals surface area contributed by atoms with Gasteiger partial charge in [0.2, 0.25) is 0 Å². The van der Waals surface area contributed by atoms with Crippen LogP contribution in [0.4, 0.5) is 13.2 Å². The van der Waals surface area contributed by atoms with Crippen LogP contribution in [0.3, 0.4) is 0 Å². The van der Waals surface area contributed by atoms with Gasteiger partial charge < -0.3 is 10.4 Å². The van der Waals surface area contributed by atoms with Gasteiger partial charge in [-0.2, -0.15) is 13.2 Å². The van der Waals surface area contributed by atoms with Gasteiger partial charge in [-0.25, -0.2) is 4.79 Å². The van der Waals surface area contributed by atoms with Crippen LogP contribution in [0.15, 0.2) is 11.3 Å². The lowest BCUT2D eigenvalue weighted by molar-refractivity contribution is -0.169. The Morgan fingerprint density at radius 2 is 1.74 bits per heavy atom. The summed E-state index contributed by atoms with van der Waals surface area (Å²) in [6.45, 7) is 3.35. The predicted molar refractivity (Wildman–Crippen MR) is 77.6 cm³/mol. The minimum atomic E-state index is -4.93. The van der Waals surface area contributed by atoms with Gasteiger partial charge in [0.05, 0.1) is 0 Å². The van der Waals surface area contributed by atoms with E-state index in [1.165, 1.54) is 0 Å². The van der Waals surface area contributed by atoms with Gasteiger partial charge in [-0.1, -0.05) is 33.1 Å². The number of ketones is 1. The van der Waals surface area contributed by atoms with Crippen LogP contribution in [-0.2, 0) is 9.59 Å². The molecule has 2 rings (SSSR count). The van der Waals surface area contributed by atoms with E-state index in [4.69, 9.17) is 0 Å². The van der Waals surface area contributed by atoms with Gasteiger partial charge in [0, 0.05) is 16.7 Å². The first kappa shape index (κ1) is 17.8. The second kappa shape index (κ2) is 6.17. The SMILES string of the molecule is CC(C)C(NC1=C(C(=O)C(F)(F)F)C2(CCCCC2)C1)C(=O)O. The summed E-state index contributed by atoms with van der Waals surface area (Å²) in [6.07, 6.45) is -0.904. The molecule has 0 saturated heterocycles. The topological polar surface area (TPSA) is 66.4 Å². The van der Waals surface area contributed by atoms with Gasteiger partial charge in [0.15, 0.2) is 0 Å². The monoisotopic (exact) mass is 333 g/mol. The summed E-state index contributed by atoms with van der Waals surface area (Å²) in [6, 6.07) is -0.998. The maximum atomic E-state index is 13.0. The number of hydrogen-bond donors (Lipinski definition) is 2. The Balaban J connectivity index is 2.34. The van der Waals surface area contributed by atoms with E-state index in [9.17, 15) is 27.9 Å². The molecule has 1 unspecified atom stereocenters. The van der Waals surface area contributed by atoms with Crippen molar-refractivity contribution in [1.29, 1.82) is 0 Å². The van der Waals surface area contributed by atoms with Crippen LogP contribution < -0.4 is 5.32 Å². The van der Waals surface area contributed by atoms with Gasteiger partial charge in [-0.05, 0) is 25.2 Å². The van der Waals surface area contributed by atoms with Gasteiger partial charge in [0.1, 0.15) is 6.04 Å². The molecule has 0 aliphatic heterocycles. The van der Waals surface area contributed by atoms with E-state index in [0.29, 0.717) is 19.3 Å². The molecule has 0 aromatic carbocycles. The highest BCUT2D eigenvalue weighted by molar-refractivity contribution is 6.03. The molecule has 7 heteroatoms. The molecular formula is C16H22F3NO3. The van der Waals surface area contributed by atoms with Crippen LogP contribution >= 0.6 is 0 Å². The van der Waals surface area contributed by atoms with Crippen LogP contribution in [0.25, 0.3) is 0 Å². The Morgan fingerprint density at radius 3 is 2.17 bits per heavy atom. The highest BCUT2D eigenvalue weighted by Gasteiger charge is 2.55. The number of aliphatic carboxylic acids is 1. The Morgan fingerprint density at radius 1 is 1.17 bits per heavy atom. The van der Waals surface area contributed by atoms with Crippen molar-refractivity contribution in [2.45, 2.75) is 64.6 Å². The number of carboxylic acid groups (broad SMARTS) is 1. The number of carboxylic acids is 1. The molecule has 0 amide bonds. The molecule has 2 aliphatic rings. The van der Waals surface area contributed by atoms with E-state index in [1.54, 1.807) is 13.8 Å². The zero-order valence-electron chi connectivity index (χ0n) is 13.3. The molecule has 2 N–H and O–H groups in total. The first-order valence-electron chi connectivity index (χ1n) is 7.93. The maximum Gasteiger partial charge on any atom is 0.454 e. The Labute approximate surface area is 133 Å². The first-order chi connectivity index (χ1) is 10.6. The summed E-state index contributed by atoms with van der Waals surface area (Å²) in [4.78, 5) is 23.1. The number of nitrogens with one attached hydrogen (secondary N) is 1. The maximum absolute atomic E-state index is 13.0. The molecule has 1 saturated carbocycles. The van der Waals surface area contributed by atoms with E-state index in [2.05, 4.69) is 5.32 Å². The molecule has 0 radical (unpaired) electrons. The second-order valence-corrected chi connectivity index (χ2v) is 6.90. The van der Waals surface area contributed by atoms with Crippen LogP contribution in [-0.4, -0.2) is 29.1 Å². The summed E-state index contributed by atoms with van der Waals surface area (Å²) in [5.41, 5.74) is -0.778. The number of rotatable bonds is 5. The number of allylic oxidation sites excluding steroid dienone is 2. The number of carbonyl (C=O) groups excluding carboxylic acids is 1. The Kier molecular flexibility index (Phi) is 4.78. The molecule has 1 spiro atoms. The Hall–Kier alpha value is -1.53. The summed E-state index contributed by atoms with van der Waals surface area (Å²) >= 11 is 0. The third kappa shape index (κ3) is 3.38. The van der Waals surface area contributed by atoms with Crippen LogP contribution in [0.1, 0.15) is 52.4 Å². The summed E-state index contributed by atoms with van der Waals surface area (Å²) in [5, 5.41) is 11.9. The molecule has 1 atom stereocenters. The molecule has 1 fully saturated rings. The molecule has 4 nitrogen and oxygen atoms in total. The first-order valence-corrected chi connectivity index (χ1v) is 7.93. The van der Waals surface area contributed by atoms with Crippen molar-refractivity contribution in [3.63, 3.8) is 0 Å². The van der Waals surface area contributed by atoms with Crippen molar-refractivity contribution < 1.29 is 27.9 Å². The lowest BCUT2D eigenvalue weighted by Gasteiger charge is -2.48. The quantitative estimate of drug-likeness (QED) is 0.809. The fraction of sp³-hybridized carbons (Fsp3) is 0.750. The van der Waals surface area contributed by atoms with Gasteiger partial charge in [-0.3, -0.25) is 4.79 Å². The number of Topliss-reactive ketones (excluding diaryl/α,β-unsaturated/α-hetero) is 1. The largest absolute Gasteiger partial charge is 0.480 e. The number of alkyl halides is 3. The van der Waals surface area contributed by atoms with Crippen molar-refractivity contribution in [2.24, 2.45) is 11.3 Å². The highest BCUT2D eigenvalue weighted by Crippen LogP contribution is 2.56. The summed E-state index contributed by atoms with van der Waals surface area (Å²) in [5.74, 6) is -3.25. The van der Waals surface area contributed by atoms with Crippen molar-refractivity contribution >= 4 is 11.8 Å². The number of hydrogen-bond acceptors (Lipinski definition) is 3. The fourth-order valence-electron chi connectivity index (χ4n) is 3.73. The third-order valence-corrected chi connectivity index (χ3v) is 4.90. The lowest BCUT2D eigenvalue weighted by Crippen LogP contribution is -2.51. The molecule has 0 aromatic rings. The van der Waals surface area contributed by atoms with E-state index in [1.807, 2.05) is 0 Å². The summed E-state index contributed by atoms with van der Waals surface area (Å²) < 4.78 is 38.9. The normalized spacial score (nSPS) is 22.0. The zero-order chi connectivity index (χ0) is 17.4. The standard InChI is InChI=1S/C16H22F3NO3/c1-9(2)12(14(22)23)20-10-8-15(6-4-3-5-7-15)11(10)13(21)16(17,18)19/h9,12,20H,3-8H2,1-2H3,(H,22,23). The third-order valence-electron chi connectivity index (χ3n) is 4.90. The highest BCUT2D eigenvalue weighted by atomic mass is 19.4. The van der Waals surface area contributed by atoms with E-state index >= 15 is 0 Å². The van der Waals surface area contributed by atoms with Crippen LogP contribution in [0.2, 0.25) is 0 Å². The van der Waals surface area contributed by atoms with Crippen molar-refractivity contribution in [3.05, 3.63) is 11.3 Å². The van der Waals surface area contributed by atoms with E-state index in [-0.39, 0.29) is 17.2 Å². The Bertz CT molecular complexity index is 531. The van der Waals surface area contributed by atoms with Gasteiger partial charge in [-0.15, -0.1) is 0 Å². The lowest BCUT2D eigenvalue weighted by atomic mass is 9.57. The predicted octanol–water partition coefficient (Wildman–Crippen LogP) is 3.42. The van der Waals surface area contributed by atoms with E-state index in [0.717, 1.165) is 19.3 Å². The number of carbonyl (C=O) groups is 2. The van der Waals surface area contributed by atoms with Crippen molar-refractivity contribution in [3.8, 4) is 0 Å².